The first kappa shape index (κ1) is 17.5. The SMILES string of the molecule is O=C(NO)c1ccc(COC2c3ccccc3CCc3ccccc32)cc1. The number of benzene rings is 3. The summed E-state index contributed by atoms with van der Waals surface area (Å²) in [5, 5.41) is 8.72. The molecule has 0 aromatic heterocycles. The topological polar surface area (TPSA) is 58.6 Å². The number of fused-ring (bicyclic) bond motifs is 2. The minimum atomic E-state index is -0.519. The Bertz CT molecular complexity index is 902. The van der Waals surface area contributed by atoms with E-state index in [4.69, 9.17) is 9.94 Å². The maximum atomic E-state index is 11.5. The number of amides is 1. The zero-order chi connectivity index (χ0) is 18.6. The molecule has 1 amide bonds. The summed E-state index contributed by atoms with van der Waals surface area (Å²) in [6.45, 7) is 0.439. The molecule has 0 saturated carbocycles. The van der Waals surface area contributed by atoms with Crippen LogP contribution in [-0.4, -0.2) is 11.1 Å². The van der Waals surface area contributed by atoms with Crippen molar-refractivity contribution in [3.63, 3.8) is 0 Å². The number of aryl methyl sites for hydroxylation is 2. The molecule has 4 nitrogen and oxygen atoms in total. The van der Waals surface area contributed by atoms with Gasteiger partial charge in [-0.25, -0.2) is 5.48 Å². The molecule has 3 aromatic rings. The fourth-order valence-electron chi connectivity index (χ4n) is 3.65. The van der Waals surface area contributed by atoms with Gasteiger partial charge in [0.1, 0.15) is 6.10 Å². The molecule has 0 radical (unpaired) electrons. The molecule has 3 aromatic carbocycles. The average molecular weight is 359 g/mol. The molecule has 0 atom stereocenters. The molecule has 0 unspecified atom stereocenters. The highest BCUT2D eigenvalue weighted by Gasteiger charge is 2.23. The van der Waals surface area contributed by atoms with Gasteiger partial charge in [0.05, 0.1) is 6.61 Å². The smallest absolute Gasteiger partial charge is 0.274 e. The monoisotopic (exact) mass is 359 g/mol. The number of carbonyl (C=O) groups is 1. The van der Waals surface area contributed by atoms with Crippen LogP contribution in [0.5, 0.6) is 0 Å². The summed E-state index contributed by atoms with van der Waals surface area (Å²) in [4.78, 5) is 11.5. The van der Waals surface area contributed by atoms with Crippen molar-refractivity contribution in [3.8, 4) is 0 Å². The van der Waals surface area contributed by atoms with Crippen LogP contribution in [0.4, 0.5) is 0 Å². The zero-order valence-electron chi connectivity index (χ0n) is 14.9. The molecule has 136 valence electrons. The molecule has 0 spiro atoms. The average Bonchev–Trinajstić information content (AvgIpc) is 2.89. The normalized spacial score (nSPS) is 13.4. The van der Waals surface area contributed by atoms with Gasteiger partial charge in [-0.2, -0.15) is 0 Å². The van der Waals surface area contributed by atoms with Gasteiger partial charge in [0.25, 0.3) is 5.91 Å². The molecule has 0 saturated heterocycles. The van der Waals surface area contributed by atoms with E-state index in [-0.39, 0.29) is 6.10 Å². The van der Waals surface area contributed by atoms with Crippen molar-refractivity contribution in [1.82, 2.24) is 5.48 Å². The second-order valence-electron chi connectivity index (χ2n) is 6.73. The second kappa shape index (κ2) is 7.74. The standard InChI is InChI=1S/C23H21NO3/c25-23(24-26)19-11-9-16(10-12-19)15-27-22-20-7-3-1-5-17(20)13-14-18-6-2-4-8-21(18)22/h1-12,22,26H,13-15H2,(H,24,25). The predicted molar refractivity (Wildman–Crippen MR) is 103 cm³/mol. The number of hydrogen-bond donors (Lipinski definition) is 2. The third-order valence-corrected chi connectivity index (χ3v) is 5.07. The first-order valence-corrected chi connectivity index (χ1v) is 9.07. The maximum absolute atomic E-state index is 11.5. The van der Waals surface area contributed by atoms with Crippen LogP contribution in [-0.2, 0) is 24.2 Å². The predicted octanol–water partition coefficient (Wildman–Crippen LogP) is 4.21. The Morgan fingerprint density at radius 1 is 0.889 bits per heavy atom. The van der Waals surface area contributed by atoms with E-state index in [2.05, 4.69) is 48.5 Å². The highest BCUT2D eigenvalue weighted by atomic mass is 16.5. The van der Waals surface area contributed by atoms with Crippen LogP contribution in [0, 0.1) is 0 Å². The fraction of sp³-hybridized carbons (Fsp3) is 0.174. The Balaban J connectivity index is 1.60. The van der Waals surface area contributed by atoms with E-state index in [1.165, 1.54) is 22.3 Å². The van der Waals surface area contributed by atoms with E-state index < -0.39 is 5.91 Å². The van der Waals surface area contributed by atoms with E-state index in [1.807, 2.05) is 12.1 Å². The van der Waals surface area contributed by atoms with E-state index in [1.54, 1.807) is 17.6 Å². The van der Waals surface area contributed by atoms with Gasteiger partial charge in [-0.15, -0.1) is 0 Å². The second-order valence-corrected chi connectivity index (χ2v) is 6.73. The molecule has 0 heterocycles. The molecule has 0 fully saturated rings. The Labute approximate surface area is 158 Å². The lowest BCUT2D eigenvalue weighted by molar-refractivity contribution is 0.0661. The summed E-state index contributed by atoms with van der Waals surface area (Å²) in [6, 6.07) is 24.0. The van der Waals surface area contributed by atoms with Gasteiger partial charge >= 0.3 is 0 Å². The summed E-state index contributed by atoms with van der Waals surface area (Å²) in [5.41, 5.74) is 8.12. The molecular weight excluding hydrogens is 338 g/mol. The van der Waals surface area contributed by atoms with Crippen LogP contribution in [0.25, 0.3) is 0 Å². The molecule has 1 aliphatic carbocycles. The summed E-state index contributed by atoms with van der Waals surface area (Å²) < 4.78 is 6.38. The van der Waals surface area contributed by atoms with E-state index in [9.17, 15) is 4.79 Å². The van der Waals surface area contributed by atoms with Crippen LogP contribution in [0.1, 0.15) is 44.3 Å². The summed E-state index contributed by atoms with van der Waals surface area (Å²) in [7, 11) is 0. The first-order valence-electron chi connectivity index (χ1n) is 9.07. The van der Waals surface area contributed by atoms with Gasteiger partial charge in [0.15, 0.2) is 0 Å². The lowest BCUT2D eigenvalue weighted by atomic mass is 9.97. The number of hydrogen-bond acceptors (Lipinski definition) is 3. The fourth-order valence-corrected chi connectivity index (χ4v) is 3.65. The van der Waals surface area contributed by atoms with Crippen molar-refractivity contribution in [1.29, 1.82) is 0 Å². The van der Waals surface area contributed by atoms with Crippen molar-refractivity contribution in [3.05, 3.63) is 106 Å². The highest BCUT2D eigenvalue weighted by molar-refractivity contribution is 5.93. The largest absolute Gasteiger partial charge is 0.364 e. The zero-order valence-corrected chi connectivity index (χ0v) is 14.9. The van der Waals surface area contributed by atoms with Crippen molar-refractivity contribution in [2.24, 2.45) is 0 Å². The van der Waals surface area contributed by atoms with E-state index >= 15 is 0 Å². The molecule has 2 N–H and O–H groups in total. The summed E-state index contributed by atoms with van der Waals surface area (Å²) >= 11 is 0. The maximum Gasteiger partial charge on any atom is 0.274 e. The van der Waals surface area contributed by atoms with Crippen LogP contribution in [0.2, 0.25) is 0 Å². The lowest BCUT2D eigenvalue weighted by Crippen LogP contribution is -2.18. The lowest BCUT2D eigenvalue weighted by Gasteiger charge is -2.21. The quantitative estimate of drug-likeness (QED) is 0.542. The van der Waals surface area contributed by atoms with Crippen LogP contribution < -0.4 is 5.48 Å². The van der Waals surface area contributed by atoms with Crippen LogP contribution in [0.15, 0.2) is 72.8 Å². The van der Waals surface area contributed by atoms with Gasteiger partial charge in [-0.1, -0.05) is 60.7 Å². The molecule has 1 aliphatic rings. The van der Waals surface area contributed by atoms with Gasteiger partial charge in [-0.05, 0) is 52.8 Å². The number of rotatable bonds is 4. The summed E-state index contributed by atoms with van der Waals surface area (Å²) in [5.74, 6) is -0.519. The van der Waals surface area contributed by atoms with Crippen molar-refractivity contribution < 1.29 is 14.7 Å². The van der Waals surface area contributed by atoms with Crippen molar-refractivity contribution >= 4 is 5.91 Å². The van der Waals surface area contributed by atoms with Gasteiger partial charge in [0, 0.05) is 5.56 Å². The van der Waals surface area contributed by atoms with Gasteiger partial charge in [-0.3, -0.25) is 10.0 Å². The van der Waals surface area contributed by atoms with Crippen molar-refractivity contribution in [2.75, 3.05) is 0 Å². The number of ether oxygens (including phenoxy) is 1. The van der Waals surface area contributed by atoms with Crippen LogP contribution >= 0.6 is 0 Å². The molecule has 27 heavy (non-hydrogen) atoms. The molecular formula is C23H21NO3. The summed E-state index contributed by atoms with van der Waals surface area (Å²) in [6.07, 6.45) is 1.91. The van der Waals surface area contributed by atoms with Crippen molar-refractivity contribution in [2.45, 2.75) is 25.6 Å². The third-order valence-electron chi connectivity index (χ3n) is 5.07. The molecule has 4 rings (SSSR count). The van der Waals surface area contributed by atoms with E-state index in [0.717, 1.165) is 18.4 Å². The highest BCUT2D eigenvalue weighted by Crippen LogP contribution is 2.35. The minimum absolute atomic E-state index is 0.111. The molecule has 0 aliphatic heterocycles. The Kier molecular flexibility index (Phi) is 5.01. The number of nitrogens with one attached hydrogen (secondary N) is 1. The van der Waals surface area contributed by atoms with Crippen LogP contribution in [0.3, 0.4) is 0 Å². The number of carbonyl (C=O) groups excluding carboxylic acids is 1. The minimum Gasteiger partial charge on any atom is -0.364 e. The first-order chi connectivity index (χ1) is 13.3. The number of hydroxylamine groups is 1. The van der Waals surface area contributed by atoms with E-state index in [0.29, 0.717) is 12.2 Å². The Morgan fingerprint density at radius 2 is 1.44 bits per heavy atom. The Morgan fingerprint density at radius 3 is 2.00 bits per heavy atom. The molecule has 0 bridgehead atoms. The Hall–Kier alpha value is -2.95. The van der Waals surface area contributed by atoms with Gasteiger partial charge < -0.3 is 4.74 Å². The molecule has 4 heteroatoms. The van der Waals surface area contributed by atoms with Gasteiger partial charge in [0.2, 0.25) is 0 Å². The third kappa shape index (κ3) is 3.63.